The standard InChI is InChI=1S/C18H27N3O3/c1-18(2,3)24-17(23)20-11-13-7-5-10-21(15(13)12-20)16(22)14-8-6-9-19(14)4/h6,8-9,13,15H,5,7,10-12H2,1-4H3/t13-,15+/m1/s1. The minimum Gasteiger partial charge on any atom is -0.444 e. The molecular weight excluding hydrogens is 306 g/mol. The fraction of sp³-hybridized carbons (Fsp3) is 0.667. The Labute approximate surface area is 143 Å². The van der Waals surface area contributed by atoms with Crippen LogP contribution in [0.1, 0.15) is 44.1 Å². The van der Waals surface area contributed by atoms with Crippen LogP contribution in [0.2, 0.25) is 0 Å². The van der Waals surface area contributed by atoms with Gasteiger partial charge in [0.2, 0.25) is 0 Å². The predicted molar refractivity (Wildman–Crippen MR) is 90.8 cm³/mol. The van der Waals surface area contributed by atoms with Gasteiger partial charge in [0, 0.05) is 32.9 Å². The maximum atomic E-state index is 12.9. The highest BCUT2D eigenvalue weighted by Gasteiger charge is 2.43. The topological polar surface area (TPSA) is 54.8 Å². The summed E-state index contributed by atoms with van der Waals surface area (Å²) in [5.41, 5.74) is 0.204. The Bertz CT molecular complexity index is 632. The Morgan fingerprint density at radius 1 is 1.25 bits per heavy atom. The highest BCUT2D eigenvalue weighted by Crippen LogP contribution is 2.32. The molecule has 2 saturated heterocycles. The fourth-order valence-electron chi connectivity index (χ4n) is 3.74. The van der Waals surface area contributed by atoms with E-state index in [1.807, 2.05) is 55.6 Å². The largest absolute Gasteiger partial charge is 0.444 e. The van der Waals surface area contributed by atoms with Crippen LogP contribution in [0.5, 0.6) is 0 Å². The Balaban J connectivity index is 1.73. The number of rotatable bonds is 1. The molecule has 3 rings (SSSR count). The van der Waals surface area contributed by atoms with Gasteiger partial charge in [-0.3, -0.25) is 4.79 Å². The molecule has 6 nitrogen and oxygen atoms in total. The number of aryl methyl sites for hydroxylation is 1. The predicted octanol–water partition coefficient (Wildman–Crippen LogP) is 2.50. The average Bonchev–Trinajstić information content (AvgIpc) is 3.10. The summed E-state index contributed by atoms with van der Waals surface area (Å²) in [5, 5.41) is 0. The second kappa shape index (κ2) is 6.15. The number of aromatic nitrogens is 1. The normalized spacial score (nSPS) is 24.0. The molecule has 0 N–H and O–H groups in total. The highest BCUT2D eigenvalue weighted by atomic mass is 16.6. The molecule has 6 heteroatoms. The van der Waals surface area contributed by atoms with E-state index in [9.17, 15) is 9.59 Å². The van der Waals surface area contributed by atoms with Crippen LogP contribution in [0.3, 0.4) is 0 Å². The molecule has 24 heavy (non-hydrogen) atoms. The summed E-state index contributed by atoms with van der Waals surface area (Å²) in [6, 6.07) is 3.83. The van der Waals surface area contributed by atoms with E-state index in [4.69, 9.17) is 4.74 Å². The number of hydrogen-bond acceptors (Lipinski definition) is 3. The molecule has 0 radical (unpaired) electrons. The number of carbonyl (C=O) groups is 2. The number of likely N-dealkylation sites (tertiary alicyclic amines) is 2. The summed E-state index contributed by atoms with van der Waals surface area (Å²) in [4.78, 5) is 29.0. The number of carbonyl (C=O) groups excluding carboxylic acids is 2. The van der Waals surface area contributed by atoms with Crippen LogP contribution in [0.4, 0.5) is 4.79 Å². The Kier molecular flexibility index (Phi) is 4.32. The molecule has 2 aliphatic heterocycles. The van der Waals surface area contributed by atoms with Crippen LogP contribution in [0.15, 0.2) is 18.3 Å². The molecule has 2 aliphatic rings. The van der Waals surface area contributed by atoms with Gasteiger partial charge in [0.1, 0.15) is 11.3 Å². The fourth-order valence-corrected chi connectivity index (χ4v) is 3.74. The van der Waals surface area contributed by atoms with Gasteiger partial charge in [-0.15, -0.1) is 0 Å². The first kappa shape index (κ1) is 16.9. The van der Waals surface area contributed by atoms with Gasteiger partial charge < -0.3 is 19.1 Å². The molecule has 0 spiro atoms. The molecule has 3 heterocycles. The molecule has 2 atom stereocenters. The van der Waals surface area contributed by atoms with Crippen molar-refractivity contribution in [3.05, 3.63) is 24.0 Å². The van der Waals surface area contributed by atoms with E-state index in [2.05, 4.69) is 0 Å². The van der Waals surface area contributed by atoms with Crippen molar-refractivity contribution >= 4 is 12.0 Å². The van der Waals surface area contributed by atoms with Crippen LogP contribution in [0, 0.1) is 5.92 Å². The Morgan fingerprint density at radius 3 is 2.62 bits per heavy atom. The Morgan fingerprint density at radius 2 is 2.00 bits per heavy atom. The quantitative estimate of drug-likeness (QED) is 0.793. The van der Waals surface area contributed by atoms with Crippen molar-refractivity contribution in [1.29, 1.82) is 0 Å². The van der Waals surface area contributed by atoms with Gasteiger partial charge >= 0.3 is 6.09 Å². The molecule has 0 aliphatic carbocycles. The third-order valence-corrected chi connectivity index (χ3v) is 4.86. The van der Waals surface area contributed by atoms with E-state index in [1.54, 1.807) is 4.90 Å². The molecular formula is C18H27N3O3. The number of piperidine rings is 1. The van der Waals surface area contributed by atoms with Crippen molar-refractivity contribution in [2.45, 2.75) is 45.3 Å². The molecule has 0 bridgehead atoms. The summed E-state index contributed by atoms with van der Waals surface area (Å²) in [6.45, 7) is 7.62. The number of hydrogen-bond donors (Lipinski definition) is 0. The van der Waals surface area contributed by atoms with Crippen molar-refractivity contribution in [2.75, 3.05) is 19.6 Å². The highest BCUT2D eigenvalue weighted by molar-refractivity contribution is 5.93. The summed E-state index contributed by atoms with van der Waals surface area (Å²) < 4.78 is 7.35. The molecule has 0 saturated carbocycles. The monoisotopic (exact) mass is 333 g/mol. The molecule has 0 aromatic carbocycles. The van der Waals surface area contributed by atoms with Gasteiger partial charge in [0.25, 0.3) is 5.91 Å². The van der Waals surface area contributed by atoms with Gasteiger partial charge in [-0.2, -0.15) is 0 Å². The lowest BCUT2D eigenvalue weighted by molar-refractivity contribution is 0.0275. The molecule has 1 aromatic heterocycles. The summed E-state index contributed by atoms with van der Waals surface area (Å²) in [6.07, 6.45) is 3.65. The van der Waals surface area contributed by atoms with Gasteiger partial charge in [0.05, 0.1) is 6.04 Å². The van der Waals surface area contributed by atoms with Crippen LogP contribution in [-0.4, -0.2) is 57.6 Å². The lowest BCUT2D eigenvalue weighted by Crippen LogP contribution is -2.49. The molecule has 2 amide bonds. The lowest BCUT2D eigenvalue weighted by Gasteiger charge is -2.36. The maximum absolute atomic E-state index is 12.9. The number of fused-ring (bicyclic) bond motifs is 1. The van der Waals surface area contributed by atoms with Crippen LogP contribution < -0.4 is 0 Å². The number of ether oxygens (including phenoxy) is 1. The molecule has 1 aromatic rings. The first-order valence-electron chi connectivity index (χ1n) is 8.66. The zero-order chi connectivity index (χ0) is 17.5. The van der Waals surface area contributed by atoms with Crippen molar-refractivity contribution in [2.24, 2.45) is 13.0 Å². The van der Waals surface area contributed by atoms with E-state index in [-0.39, 0.29) is 18.0 Å². The van der Waals surface area contributed by atoms with E-state index in [0.717, 1.165) is 19.4 Å². The minimum atomic E-state index is -0.497. The Hall–Kier alpha value is -1.98. The molecule has 0 unspecified atom stereocenters. The van der Waals surface area contributed by atoms with Crippen molar-refractivity contribution in [1.82, 2.24) is 14.4 Å². The number of nitrogens with zero attached hydrogens (tertiary/aromatic N) is 3. The van der Waals surface area contributed by atoms with Gasteiger partial charge in [0.15, 0.2) is 0 Å². The van der Waals surface area contributed by atoms with E-state index >= 15 is 0 Å². The average molecular weight is 333 g/mol. The van der Waals surface area contributed by atoms with E-state index in [1.165, 1.54) is 0 Å². The van der Waals surface area contributed by atoms with Gasteiger partial charge in [-0.05, 0) is 51.7 Å². The van der Waals surface area contributed by atoms with Crippen LogP contribution >= 0.6 is 0 Å². The SMILES string of the molecule is Cn1cccc1C(=O)N1CCC[C@@H]2CN(C(=O)OC(C)(C)C)C[C@@H]21. The van der Waals surface area contributed by atoms with Crippen LogP contribution in [0.25, 0.3) is 0 Å². The van der Waals surface area contributed by atoms with Gasteiger partial charge in [-0.25, -0.2) is 4.79 Å². The summed E-state index contributed by atoms with van der Waals surface area (Å²) >= 11 is 0. The minimum absolute atomic E-state index is 0.0586. The molecule has 132 valence electrons. The number of amides is 2. The summed E-state index contributed by atoms with van der Waals surface area (Å²) in [5.74, 6) is 0.402. The summed E-state index contributed by atoms with van der Waals surface area (Å²) in [7, 11) is 1.89. The van der Waals surface area contributed by atoms with Crippen molar-refractivity contribution < 1.29 is 14.3 Å². The second-order valence-electron chi connectivity index (χ2n) is 7.86. The smallest absolute Gasteiger partial charge is 0.410 e. The lowest BCUT2D eigenvalue weighted by atomic mass is 9.92. The first-order chi connectivity index (χ1) is 11.3. The first-order valence-corrected chi connectivity index (χ1v) is 8.66. The second-order valence-corrected chi connectivity index (χ2v) is 7.86. The van der Waals surface area contributed by atoms with Crippen molar-refractivity contribution in [3.8, 4) is 0 Å². The van der Waals surface area contributed by atoms with E-state index < -0.39 is 5.60 Å². The molecule has 2 fully saturated rings. The zero-order valence-corrected chi connectivity index (χ0v) is 15.0. The third-order valence-electron chi connectivity index (χ3n) is 4.86. The maximum Gasteiger partial charge on any atom is 0.410 e. The van der Waals surface area contributed by atoms with Crippen molar-refractivity contribution in [3.63, 3.8) is 0 Å². The zero-order valence-electron chi connectivity index (χ0n) is 15.0. The van der Waals surface area contributed by atoms with E-state index in [0.29, 0.717) is 24.7 Å². The van der Waals surface area contributed by atoms with Gasteiger partial charge in [-0.1, -0.05) is 0 Å². The van der Waals surface area contributed by atoms with Crippen LogP contribution in [-0.2, 0) is 11.8 Å². The third kappa shape index (κ3) is 3.28.